The van der Waals surface area contributed by atoms with Gasteiger partial charge in [-0.25, -0.2) is 0 Å². The highest BCUT2D eigenvalue weighted by atomic mass is 79.9. The number of rotatable bonds is 6. The van der Waals surface area contributed by atoms with Gasteiger partial charge in [-0.3, -0.25) is 9.59 Å². The van der Waals surface area contributed by atoms with E-state index in [4.69, 9.17) is 5.11 Å². The zero-order chi connectivity index (χ0) is 14.5. The zero-order valence-corrected chi connectivity index (χ0v) is 12.7. The monoisotopic (exact) mass is 327 g/mol. The van der Waals surface area contributed by atoms with Crippen LogP contribution >= 0.6 is 15.9 Å². The summed E-state index contributed by atoms with van der Waals surface area (Å²) in [4.78, 5) is 22.5. The van der Waals surface area contributed by atoms with Crippen LogP contribution in [0.25, 0.3) is 0 Å². The number of hydrogen-bond acceptors (Lipinski definition) is 2. The summed E-state index contributed by atoms with van der Waals surface area (Å²) in [7, 11) is 0. The van der Waals surface area contributed by atoms with Gasteiger partial charge in [0, 0.05) is 16.4 Å². The number of aliphatic carboxylic acids is 1. The van der Waals surface area contributed by atoms with Gasteiger partial charge in [0.2, 0.25) is 5.91 Å². The number of hydrogen-bond donors (Lipinski definition) is 2. The van der Waals surface area contributed by atoms with E-state index in [0.29, 0.717) is 6.42 Å². The summed E-state index contributed by atoms with van der Waals surface area (Å²) in [5, 5.41) is 11.5. The van der Waals surface area contributed by atoms with Crippen LogP contribution in [0.3, 0.4) is 0 Å². The van der Waals surface area contributed by atoms with Gasteiger partial charge in [-0.05, 0) is 31.9 Å². The Morgan fingerprint density at radius 1 is 1.32 bits per heavy atom. The van der Waals surface area contributed by atoms with Gasteiger partial charge >= 0.3 is 5.97 Å². The molecule has 1 rings (SSSR count). The van der Waals surface area contributed by atoms with Crippen molar-refractivity contribution in [2.24, 2.45) is 0 Å². The SMILES string of the molecule is CC(C)(CCC(=O)O)NC(=O)Cc1ccccc1Br. The summed E-state index contributed by atoms with van der Waals surface area (Å²) in [6.07, 6.45) is 0.726. The first kappa shape index (κ1) is 15.7. The first-order valence-electron chi connectivity index (χ1n) is 6.06. The molecule has 0 aliphatic heterocycles. The Morgan fingerprint density at radius 2 is 1.95 bits per heavy atom. The van der Waals surface area contributed by atoms with E-state index < -0.39 is 11.5 Å². The third kappa shape index (κ3) is 5.87. The maximum absolute atomic E-state index is 11.9. The molecule has 0 saturated heterocycles. The van der Waals surface area contributed by atoms with Crippen molar-refractivity contribution in [3.05, 3.63) is 34.3 Å². The third-order valence-electron chi connectivity index (χ3n) is 2.75. The molecular weight excluding hydrogens is 310 g/mol. The number of carboxylic acid groups (broad SMARTS) is 1. The fraction of sp³-hybridized carbons (Fsp3) is 0.429. The van der Waals surface area contributed by atoms with Gasteiger partial charge in [0.1, 0.15) is 0 Å². The smallest absolute Gasteiger partial charge is 0.303 e. The van der Waals surface area contributed by atoms with Crippen molar-refractivity contribution in [3.8, 4) is 0 Å². The van der Waals surface area contributed by atoms with Gasteiger partial charge in [0.05, 0.1) is 6.42 Å². The molecule has 0 aliphatic rings. The van der Waals surface area contributed by atoms with E-state index >= 15 is 0 Å². The predicted molar refractivity (Wildman–Crippen MR) is 76.9 cm³/mol. The molecule has 0 atom stereocenters. The third-order valence-corrected chi connectivity index (χ3v) is 3.52. The minimum atomic E-state index is -0.854. The predicted octanol–water partition coefficient (Wildman–Crippen LogP) is 2.75. The molecule has 0 saturated carbocycles. The lowest BCUT2D eigenvalue weighted by Gasteiger charge is -2.25. The molecule has 1 aromatic carbocycles. The molecule has 0 bridgehead atoms. The first-order valence-corrected chi connectivity index (χ1v) is 6.86. The second-order valence-electron chi connectivity index (χ2n) is 5.09. The molecule has 1 aromatic rings. The molecule has 0 radical (unpaired) electrons. The van der Waals surface area contributed by atoms with Crippen LogP contribution in [0, 0.1) is 0 Å². The lowest BCUT2D eigenvalue weighted by atomic mass is 9.98. The van der Waals surface area contributed by atoms with E-state index in [1.54, 1.807) is 0 Å². The molecule has 19 heavy (non-hydrogen) atoms. The number of halogens is 1. The van der Waals surface area contributed by atoms with Crippen LogP contribution in [-0.2, 0) is 16.0 Å². The fourth-order valence-corrected chi connectivity index (χ4v) is 2.14. The quantitative estimate of drug-likeness (QED) is 0.844. The largest absolute Gasteiger partial charge is 0.481 e. The second kappa shape index (κ2) is 6.70. The fourth-order valence-electron chi connectivity index (χ4n) is 1.72. The maximum atomic E-state index is 11.9. The Bertz CT molecular complexity index is 472. The summed E-state index contributed by atoms with van der Waals surface area (Å²) >= 11 is 3.40. The van der Waals surface area contributed by atoms with Gasteiger partial charge in [0.15, 0.2) is 0 Å². The molecule has 0 heterocycles. The minimum absolute atomic E-state index is 0.0440. The summed E-state index contributed by atoms with van der Waals surface area (Å²) < 4.78 is 0.897. The summed E-state index contributed by atoms with van der Waals surface area (Å²) in [5.41, 5.74) is 0.394. The molecule has 0 fully saturated rings. The molecule has 0 aromatic heterocycles. The average molecular weight is 328 g/mol. The van der Waals surface area contributed by atoms with Gasteiger partial charge in [-0.15, -0.1) is 0 Å². The highest BCUT2D eigenvalue weighted by Crippen LogP contribution is 2.17. The molecule has 4 nitrogen and oxygen atoms in total. The van der Waals surface area contributed by atoms with Crippen molar-refractivity contribution in [3.63, 3.8) is 0 Å². The van der Waals surface area contributed by atoms with E-state index in [2.05, 4.69) is 21.2 Å². The number of carboxylic acids is 1. The van der Waals surface area contributed by atoms with E-state index in [9.17, 15) is 9.59 Å². The molecule has 1 amide bonds. The summed E-state index contributed by atoms with van der Waals surface area (Å²) in [6.45, 7) is 3.65. The molecular formula is C14H18BrNO3. The second-order valence-corrected chi connectivity index (χ2v) is 5.95. The van der Waals surface area contributed by atoms with Crippen LogP contribution in [0.5, 0.6) is 0 Å². The normalized spacial score (nSPS) is 11.1. The lowest BCUT2D eigenvalue weighted by molar-refractivity contribution is -0.137. The van der Waals surface area contributed by atoms with Crippen molar-refractivity contribution < 1.29 is 14.7 Å². The topological polar surface area (TPSA) is 66.4 Å². The molecule has 0 spiro atoms. The van der Waals surface area contributed by atoms with Gasteiger partial charge in [0.25, 0.3) is 0 Å². The highest BCUT2D eigenvalue weighted by Gasteiger charge is 2.21. The number of nitrogens with one attached hydrogen (secondary N) is 1. The van der Waals surface area contributed by atoms with Crippen molar-refractivity contribution in [1.29, 1.82) is 0 Å². The van der Waals surface area contributed by atoms with Gasteiger partial charge in [-0.2, -0.15) is 0 Å². The van der Waals surface area contributed by atoms with Crippen molar-refractivity contribution >= 4 is 27.8 Å². The number of benzene rings is 1. The van der Waals surface area contributed by atoms with Crippen LogP contribution in [0.2, 0.25) is 0 Å². The van der Waals surface area contributed by atoms with Crippen molar-refractivity contribution in [2.75, 3.05) is 0 Å². The number of amides is 1. The maximum Gasteiger partial charge on any atom is 0.303 e. The Balaban J connectivity index is 2.55. The number of carbonyl (C=O) groups excluding carboxylic acids is 1. The van der Waals surface area contributed by atoms with Crippen molar-refractivity contribution in [2.45, 2.75) is 38.6 Å². The van der Waals surface area contributed by atoms with Crippen LogP contribution in [0.15, 0.2) is 28.7 Å². The van der Waals surface area contributed by atoms with Crippen LogP contribution in [-0.4, -0.2) is 22.5 Å². The first-order chi connectivity index (χ1) is 8.80. The van der Waals surface area contributed by atoms with E-state index in [0.717, 1.165) is 10.0 Å². The van der Waals surface area contributed by atoms with Gasteiger partial charge < -0.3 is 10.4 Å². The lowest BCUT2D eigenvalue weighted by Crippen LogP contribution is -2.44. The van der Waals surface area contributed by atoms with Crippen LogP contribution < -0.4 is 5.32 Å². The Morgan fingerprint density at radius 3 is 2.53 bits per heavy atom. The zero-order valence-electron chi connectivity index (χ0n) is 11.1. The summed E-state index contributed by atoms with van der Waals surface area (Å²) in [6, 6.07) is 7.54. The van der Waals surface area contributed by atoms with Crippen molar-refractivity contribution in [1.82, 2.24) is 5.32 Å². The van der Waals surface area contributed by atoms with E-state index in [1.165, 1.54) is 0 Å². The molecule has 2 N–H and O–H groups in total. The number of carbonyl (C=O) groups is 2. The van der Waals surface area contributed by atoms with E-state index in [-0.39, 0.29) is 18.7 Å². The molecule has 104 valence electrons. The Kier molecular flexibility index (Phi) is 5.54. The molecule has 0 aliphatic carbocycles. The van der Waals surface area contributed by atoms with Crippen LogP contribution in [0.4, 0.5) is 0 Å². The highest BCUT2D eigenvalue weighted by molar-refractivity contribution is 9.10. The Hall–Kier alpha value is -1.36. The Labute approximate surface area is 121 Å². The molecule has 0 unspecified atom stereocenters. The average Bonchev–Trinajstić information content (AvgIpc) is 2.29. The standard InChI is InChI=1S/C14H18BrNO3/c1-14(2,8-7-13(18)19)16-12(17)9-10-5-3-4-6-11(10)15/h3-6H,7-9H2,1-2H3,(H,16,17)(H,18,19). The van der Waals surface area contributed by atoms with E-state index in [1.807, 2.05) is 38.1 Å². The van der Waals surface area contributed by atoms with Gasteiger partial charge in [-0.1, -0.05) is 34.1 Å². The minimum Gasteiger partial charge on any atom is -0.481 e. The van der Waals surface area contributed by atoms with Crippen LogP contribution in [0.1, 0.15) is 32.3 Å². The summed E-state index contributed by atoms with van der Waals surface area (Å²) in [5.74, 6) is -0.963. The molecule has 5 heteroatoms.